The number of nitrogens with zero attached hydrogens (tertiary/aromatic N) is 7. The summed E-state index contributed by atoms with van der Waals surface area (Å²) in [5.41, 5.74) is 3.89. The molecule has 3 amide bonds. The number of aliphatic hydroxyl groups excluding tert-OH is 1. The number of likely N-dealkylation sites (tertiary alicyclic amines) is 2. The summed E-state index contributed by atoms with van der Waals surface area (Å²) in [5, 5.41) is 31.7. The van der Waals surface area contributed by atoms with Crippen molar-refractivity contribution in [3.8, 4) is 45.8 Å². The quantitative estimate of drug-likeness (QED) is 0.0419. The van der Waals surface area contributed by atoms with E-state index in [9.17, 15) is 24.6 Å². The number of terminal acetylenes is 1. The maximum absolute atomic E-state index is 17.1. The van der Waals surface area contributed by atoms with Gasteiger partial charge in [0.25, 0.3) is 0 Å². The van der Waals surface area contributed by atoms with Crippen molar-refractivity contribution in [2.24, 2.45) is 5.41 Å². The number of carbonyl (C=O) groups excluding carboxylic acids is 3. The molecule has 4 aliphatic heterocycles. The number of pyridine rings is 1. The van der Waals surface area contributed by atoms with E-state index in [1.807, 2.05) is 52.0 Å². The smallest absolute Gasteiger partial charge is 0.319 e. The van der Waals surface area contributed by atoms with Gasteiger partial charge in [-0.2, -0.15) is 9.97 Å². The van der Waals surface area contributed by atoms with E-state index in [1.54, 1.807) is 16.8 Å². The Bertz CT molecular complexity index is 3320. The normalized spacial score (nSPS) is 19.9. The first-order valence-corrected chi connectivity index (χ1v) is 28.9. The van der Waals surface area contributed by atoms with Gasteiger partial charge in [-0.05, 0) is 72.7 Å². The molecule has 7 heterocycles. The summed E-state index contributed by atoms with van der Waals surface area (Å²) in [5.74, 6) is 0.00197. The van der Waals surface area contributed by atoms with Gasteiger partial charge in [0.05, 0.1) is 66.2 Å². The Labute approximate surface area is 479 Å². The number of piperazine rings is 1. The number of β-amino-alcohol motifs (C(OH)–C–C–N with tert-alkyl or cyclic N) is 1. The number of hydrogen-bond acceptors (Lipinski definition) is 17. The molecule has 2 bridgehead atoms. The highest BCUT2D eigenvalue weighted by Crippen LogP contribution is 2.40. The number of piperidine rings is 1. The van der Waals surface area contributed by atoms with Crippen LogP contribution in [0.3, 0.4) is 0 Å². The number of phenolic OH excluding ortho intramolecular Hbond substituents is 1. The van der Waals surface area contributed by atoms with Crippen LogP contribution < -0.4 is 25.6 Å². The van der Waals surface area contributed by atoms with Crippen LogP contribution in [0.2, 0.25) is 0 Å². The summed E-state index contributed by atoms with van der Waals surface area (Å²) in [6.45, 7) is 12.3. The van der Waals surface area contributed by atoms with Gasteiger partial charge >= 0.3 is 6.01 Å². The van der Waals surface area contributed by atoms with E-state index in [2.05, 4.69) is 46.6 Å². The molecule has 0 spiro atoms. The number of aryl methyl sites for hydroxylation is 1. The highest BCUT2D eigenvalue weighted by Gasteiger charge is 2.45. The van der Waals surface area contributed by atoms with Crippen molar-refractivity contribution in [3.63, 3.8) is 0 Å². The van der Waals surface area contributed by atoms with Gasteiger partial charge in [-0.15, -0.1) is 17.8 Å². The summed E-state index contributed by atoms with van der Waals surface area (Å²) < 4.78 is 55.7. The number of carbonyl (C=O) groups is 3. The molecule has 22 heteroatoms. The maximum atomic E-state index is 17.1. The summed E-state index contributed by atoms with van der Waals surface area (Å²) in [4.78, 5) is 65.9. The fraction of sp³-hybridized carbons (Fsp3) is 0.483. The van der Waals surface area contributed by atoms with E-state index in [-0.39, 0.29) is 103 Å². The number of amides is 3. The molecule has 10 rings (SSSR count). The van der Waals surface area contributed by atoms with Crippen LogP contribution in [0.1, 0.15) is 69.7 Å². The average molecular weight is 1150 g/mol. The van der Waals surface area contributed by atoms with Crippen LogP contribution in [-0.2, 0) is 35.1 Å². The van der Waals surface area contributed by atoms with Gasteiger partial charge in [-0.1, -0.05) is 57.0 Å². The van der Waals surface area contributed by atoms with Crippen LogP contribution in [0.15, 0.2) is 60.2 Å². The lowest BCUT2D eigenvalue weighted by atomic mass is 9.85. The average Bonchev–Trinajstić information content (AvgIpc) is 2.10. The van der Waals surface area contributed by atoms with E-state index < -0.39 is 47.1 Å². The Hall–Kier alpha value is -6.97. The Morgan fingerprint density at radius 3 is 2.34 bits per heavy atom. The van der Waals surface area contributed by atoms with Crippen molar-refractivity contribution < 1.29 is 52.3 Å². The molecule has 19 nitrogen and oxygen atoms in total. The second-order valence-electron chi connectivity index (χ2n) is 22.6. The van der Waals surface area contributed by atoms with Crippen molar-refractivity contribution >= 4 is 56.6 Å². The van der Waals surface area contributed by atoms with Crippen molar-refractivity contribution in [1.29, 1.82) is 0 Å². The molecule has 0 radical (unpaired) electrons. The van der Waals surface area contributed by atoms with E-state index >= 15 is 8.78 Å². The van der Waals surface area contributed by atoms with Gasteiger partial charge in [0.1, 0.15) is 53.4 Å². The van der Waals surface area contributed by atoms with Gasteiger partial charge in [-0.25, -0.2) is 13.8 Å². The van der Waals surface area contributed by atoms with Gasteiger partial charge < -0.3 is 59.8 Å². The van der Waals surface area contributed by atoms with E-state index in [0.29, 0.717) is 68.9 Å². The summed E-state index contributed by atoms with van der Waals surface area (Å²) in [6.07, 6.45) is 9.64. The van der Waals surface area contributed by atoms with Crippen LogP contribution in [-0.4, -0.2) is 173 Å². The molecule has 5 atom stereocenters. The number of aromatic nitrogens is 4. The highest BCUT2D eigenvalue weighted by atomic mass is 32.1. The zero-order chi connectivity index (χ0) is 57.7. The minimum absolute atomic E-state index is 0.00319. The van der Waals surface area contributed by atoms with E-state index in [0.717, 1.165) is 47.6 Å². The SMILES string of the molecule is C#Cc1c(F)ccc2cc(O)cc(-c3ncc4c(N5CC6CCC(C5)N6)nc(OC5CCN(CCOCCOCCOCC(=O)NC(C(=O)N6C[C@H](O)C[C@H]6C(=O)NCc6ccc(-c7scnc7C)cc6)C(C)(C)C)CC5)nc4c3F)c12. The number of aromatic hydroxyl groups is 1. The van der Waals surface area contributed by atoms with Gasteiger partial charge in [0.2, 0.25) is 17.7 Å². The lowest BCUT2D eigenvalue weighted by Gasteiger charge is -2.35. The number of ether oxygens (including phenoxy) is 4. The van der Waals surface area contributed by atoms with Gasteiger partial charge in [0.15, 0.2) is 5.82 Å². The highest BCUT2D eigenvalue weighted by molar-refractivity contribution is 7.13. The lowest BCUT2D eigenvalue weighted by molar-refractivity contribution is -0.144. The molecule has 0 saturated carbocycles. The number of benzene rings is 3. The second-order valence-corrected chi connectivity index (χ2v) is 23.4. The number of halogens is 2. The molecule has 0 aliphatic carbocycles. The van der Waals surface area contributed by atoms with Gasteiger partial charge in [0, 0.05) is 81.5 Å². The molecule has 4 aliphatic rings. The largest absolute Gasteiger partial charge is 0.508 e. The summed E-state index contributed by atoms with van der Waals surface area (Å²) in [7, 11) is 0. The van der Waals surface area contributed by atoms with Crippen LogP contribution in [0, 0.1) is 36.3 Å². The number of phenols is 1. The zero-order valence-corrected chi connectivity index (χ0v) is 47.4. The monoisotopic (exact) mass is 1140 g/mol. The van der Waals surface area contributed by atoms with E-state index in [1.165, 1.54) is 35.4 Å². The zero-order valence-electron chi connectivity index (χ0n) is 46.6. The fourth-order valence-electron chi connectivity index (χ4n) is 11.4. The van der Waals surface area contributed by atoms with Crippen LogP contribution in [0.25, 0.3) is 43.4 Å². The first-order chi connectivity index (χ1) is 39.5. The number of anilines is 1. The van der Waals surface area contributed by atoms with Crippen molar-refractivity contribution in [3.05, 3.63) is 88.7 Å². The van der Waals surface area contributed by atoms with Crippen LogP contribution >= 0.6 is 11.3 Å². The second kappa shape index (κ2) is 25.7. The molecule has 4 saturated heterocycles. The topological polar surface area (TPSA) is 226 Å². The third-order valence-electron chi connectivity index (χ3n) is 15.7. The Morgan fingerprint density at radius 1 is 0.927 bits per heavy atom. The first-order valence-electron chi connectivity index (χ1n) is 28.0. The molecule has 434 valence electrons. The van der Waals surface area contributed by atoms with Crippen molar-refractivity contribution in [2.45, 2.75) is 103 Å². The number of hydrogen-bond donors (Lipinski definition) is 5. The van der Waals surface area contributed by atoms with Crippen molar-refractivity contribution in [1.82, 2.24) is 45.7 Å². The molecule has 3 aromatic carbocycles. The lowest BCUT2D eigenvalue weighted by Crippen LogP contribution is -2.58. The maximum Gasteiger partial charge on any atom is 0.319 e. The predicted octanol–water partition coefficient (Wildman–Crippen LogP) is 5.88. The molecule has 3 aromatic heterocycles. The molecular formula is C60H70F2N10O9S. The number of thiazole rings is 1. The number of fused-ring (bicyclic) bond motifs is 4. The third kappa shape index (κ3) is 13.4. The minimum Gasteiger partial charge on any atom is -0.508 e. The van der Waals surface area contributed by atoms with Crippen molar-refractivity contribution in [2.75, 3.05) is 83.8 Å². The third-order valence-corrected chi connectivity index (χ3v) is 16.6. The standard InChI is InChI=1S/C60H70F2N10O9S/c1-6-44-47(61)14-11-38-25-41(73)26-45(50(38)44)52-51(62)53-46(29-63-52)56(71-30-39-12-13-40(31-71)66-39)69-59(68-53)81-43-15-17-70(18-16-43)19-20-78-21-22-79-23-24-80-33-49(75)67-55(60(3,4)5)58(77)72-32-42(74)27-48(72)57(76)64-28-36-7-9-37(10-8-36)54-35(2)65-34-82-54/h1,7-11,14,25-26,29,34,39-40,42-43,48,55,66,73-74H,12-13,15-24,27-28,30-33H2,2-5H3,(H,64,76)(H,67,75)/t39?,40?,42-,48+,55?/m1/s1. The molecule has 3 unspecified atom stereocenters. The van der Waals surface area contributed by atoms with Crippen LogP contribution in [0.5, 0.6) is 11.8 Å². The number of nitrogens with one attached hydrogen (secondary N) is 3. The van der Waals surface area contributed by atoms with E-state index in [4.69, 9.17) is 30.4 Å². The van der Waals surface area contributed by atoms with Crippen LogP contribution in [0.4, 0.5) is 14.6 Å². The molecule has 5 N–H and O–H groups in total. The summed E-state index contributed by atoms with van der Waals surface area (Å²) in [6, 6.07) is 12.0. The minimum atomic E-state index is -0.988. The Balaban J connectivity index is 0.647. The molecule has 82 heavy (non-hydrogen) atoms. The number of rotatable bonds is 21. The van der Waals surface area contributed by atoms with Gasteiger partial charge in [-0.3, -0.25) is 19.4 Å². The first kappa shape index (κ1) is 58.2. The fourth-order valence-corrected chi connectivity index (χ4v) is 12.2. The summed E-state index contributed by atoms with van der Waals surface area (Å²) >= 11 is 1.57. The Morgan fingerprint density at radius 2 is 1.65 bits per heavy atom. The molecule has 6 aromatic rings. The number of aliphatic hydroxyl groups is 1. The Kier molecular flexibility index (Phi) is 18.2. The predicted molar refractivity (Wildman–Crippen MR) is 306 cm³/mol. The molecule has 4 fully saturated rings. The molecular weight excluding hydrogens is 1070 g/mol.